The molecular formula is C16H14F2O3. The van der Waals surface area contributed by atoms with Crippen LogP contribution in [0.5, 0.6) is 11.5 Å². The van der Waals surface area contributed by atoms with Crippen LogP contribution in [0.3, 0.4) is 0 Å². The fraction of sp³-hybridized carbons (Fsp3) is 0.250. The number of aliphatic hydroxyl groups excluding tert-OH is 1. The Morgan fingerprint density at radius 3 is 2.67 bits per heavy atom. The Morgan fingerprint density at radius 1 is 1.05 bits per heavy atom. The second-order valence-corrected chi connectivity index (χ2v) is 4.84. The average molecular weight is 292 g/mol. The molecule has 0 saturated carbocycles. The summed E-state index contributed by atoms with van der Waals surface area (Å²) in [5.41, 5.74) is 1.09. The molecule has 21 heavy (non-hydrogen) atoms. The van der Waals surface area contributed by atoms with Gasteiger partial charge in [0.15, 0.2) is 23.1 Å². The maximum Gasteiger partial charge on any atom is 0.167 e. The van der Waals surface area contributed by atoms with Gasteiger partial charge >= 0.3 is 0 Å². The Labute approximate surface area is 120 Å². The Hall–Kier alpha value is -2.14. The Morgan fingerprint density at radius 2 is 1.86 bits per heavy atom. The molecule has 1 aliphatic heterocycles. The van der Waals surface area contributed by atoms with Gasteiger partial charge in [0.1, 0.15) is 13.2 Å². The third-order valence-electron chi connectivity index (χ3n) is 3.37. The van der Waals surface area contributed by atoms with Crippen molar-refractivity contribution >= 4 is 0 Å². The maximum absolute atomic E-state index is 13.2. The predicted octanol–water partition coefficient (Wildman–Crippen LogP) is 3.01. The third-order valence-corrected chi connectivity index (χ3v) is 3.37. The smallest absolute Gasteiger partial charge is 0.167 e. The Kier molecular flexibility index (Phi) is 3.75. The van der Waals surface area contributed by atoms with Crippen LogP contribution in [0, 0.1) is 11.6 Å². The van der Waals surface area contributed by atoms with Crippen LogP contribution in [-0.2, 0) is 6.42 Å². The summed E-state index contributed by atoms with van der Waals surface area (Å²) in [6.07, 6.45) is -0.719. The lowest BCUT2D eigenvalue weighted by Gasteiger charge is -2.23. The molecular weight excluding hydrogens is 278 g/mol. The highest BCUT2D eigenvalue weighted by Gasteiger charge is 2.21. The minimum atomic E-state index is -0.922. The van der Waals surface area contributed by atoms with Gasteiger partial charge in [0, 0.05) is 12.0 Å². The van der Waals surface area contributed by atoms with Crippen molar-refractivity contribution in [2.24, 2.45) is 0 Å². The molecule has 1 atom stereocenters. The van der Waals surface area contributed by atoms with Gasteiger partial charge in [-0.1, -0.05) is 18.2 Å². The van der Waals surface area contributed by atoms with E-state index in [1.807, 2.05) is 0 Å². The number of rotatable bonds is 3. The van der Waals surface area contributed by atoms with Gasteiger partial charge in [-0.3, -0.25) is 0 Å². The average Bonchev–Trinajstić information content (AvgIpc) is 2.50. The Balaban J connectivity index is 1.85. The summed E-state index contributed by atoms with van der Waals surface area (Å²) in [4.78, 5) is 0. The molecule has 0 radical (unpaired) electrons. The SMILES string of the molecule is OC(Cc1ccc(F)c(F)c1)c1cccc2c1OCCO2. The first-order chi connectivity index (χ1) is 10.1. The van der Waals surface area contributed by atoms with Gasteiger partial charge in [-0.15, -0.1) is 0 Å². The van der Waals surface area contributed by atoms with Gasteiger partial charge in [0.25, 0.3) is 0 Å². The summed E-state index contributed by atoms with van der Waals surface area (Å²) in [6, 6.07) is 8.86. The molecule has 3 nitrogen and oxygen atoms in total. The van der Waals surface area contributed by atoms with Crippen LogP contribution in [0.15, 0.2) is 36.4 Å². The number of benzene rings is 2. The normalized spacial score (nSPS) is 14.8. The zero-order valence-corrected chi connectivity index (χ0v) is 11.2. The summed E-state index contributed by atoms with van der Waals surface area (Å²) < 4.78 is 37.1. The number of fused-ring (bicyclic) bond motifs is 1. The van der Waals surface area contributed by atoms with Crippen molar-refractivity contribution in [2.75, 3.05) is 13.2 Å². The van der Waals surface area contributed by atoms with Gasteiger partial charge in [0.2, 0.25) is 0 Å². The lowest BCUT2D eigenvalue weighted by molar-refractivity contribution is 0.146. The van der Waals surface area contributed by atoms with E-state index in [1.54, 1.807) is 18.2 Å². The summed E-state index contributed by atoms with van der Waals surface area (Å²) in [7, 11) is 0. The van der Waals surface area contributed by atoms with Crippen LogP contribution in [0.4, 0.5) is 8.78 Å². The van der Waals surface area contributed by atoms with Gasteiger partial charge in [-0.25, -0.2) is 8.78 Å². The number of hydrogen-bond donors (Lipinski definition) is 1. The highest BCUT2D eigenvalue weighted by molar-refractivity contribution is 5.48. The van der Waals surface area contributed by atoms with Crippen LogP contribution >= 0.6 is 0 Å². The molecule has 0 bridgehead atoms. The first kappa shape index (κ1) is 13.8. The standard InChI is InChI=1S/C16H14F2O3/c17-12-5-4-10(8-13(12)18)9-14(19)11-2-1-3-15-16(11)21-7-6-20-15/h1-5,8,14,19H,6-7,9H2. The molecule has 1 heterocycles. The van der Waals surface area contributed by atoms with E-state index in [-0.39, 0.29) is 6.42 Å². The quantitative estimate of drug-likeness (QED) is 0.945. The second-order valence-electron chi connectivity index (χ2n) is 4.84. The molecule has 0 spiro atoms. The highest BCUT2D eigenvalue weighted by Crippen LogP contribution is 2.37. The van der Waals surface area contributed by atoms with Gasteiger partial charge < -0.3 is 14.6 Å². The maximum atomic E-state index is 13.2. The number of ether oxygens (including phenoxy) is 2. The molecule has 0 fully saturated rings. The monoisotopic (exact) mass is 292 g/mol. The lowest BCUT2D eigenvalue weighted by Crippen LogP contribution is -2.17. The largest absolute Gasteiger partial charge is 0.486 e. The topological polar surface area (TPSA) is 38.7 Å². The minimum absolute atomic E-state index is 0.164. The van der Waals surface area contributed by atoms with E-state index in [9.17, 15) is 13.9 Å². The summed E-state index contributed by atoms with van der Waals surface area (Å²) in [5, 5.41) is 10.3. The van der Waals surface area contributed by atoms with E-state index in [4.69, 9.17) is 9.47 Å². The zero-order valence-electron chi connectivity index (χ0n) is 11.2. The van der Waals surface area contributed by atoms with E-state index < -0.39 is 17.7 Å². The number of aliphatic hydroxyl groups is 1. The van der Waals surface area contributed by atoms with Gasteiger partial charge in [-0.2, -0.15) is 0 Å². The van der Waals surface area contributed by atoms with Crippen LogP contribution in [0.25, 0.3) is 0 Å². The molecule has 0 aromatic heterocycles. The first-order valence-electron chi connectivity index (χ1n) is 6.65. The molecule has 1 unspecified atom stereocenters. The fourth-order valence-electron chi connectivity index (χ4n) is 2.36. The molecule has 110 valence electrons. The molecule has 0 amide bonds. The molecule has 1 N–H and O–H groups in total. The fourth-order valence-corrected chi connectivity index (χ4v) is 2.36. The van der Waals surface area contributed by atoms with E-state index >= 15 is 0 Å². The van der Waals surface area contributed by atoms with Crippen LogP contribution < -0.4 is 9.47 Å². The summed E-state index contributed by atoms with van der Waals surface area (Å²) in [6.45, 7) is 0.887. The van der Waals surface area contributed by atoms with Crippen molar-refractivity contribution in [1.82, 2.24) is 0 Å². The van der Waals surface area contributed by atoms with Crippen molar-refractivity contribution < 1.29 is 23.4 Å². The first-order valence-corrected chi connectivity index (χ1v) is 6.65. The third kappa shape index (κ3) is 2.83. The molecule has 2 aromatic carbocycles. The Bertz CT molecular complexity index is 658. The number of hydrogen-bond acceptors (Lipinski definition) is 3. The van der Waals surface area contributed by atoms with E-state index in [0.717, 1.165) is 12.1 Å². The summed E-state index contributed by atoms with van der Waals surface area (Å²) >= 11 is 0. The molecule has 0 saturated heterocycles. The van der Waals surface area contributed by atoms with Crippen LogP contribution in [0.2, 0.25) is 0 Å². The van der Waals surface area contributed by atoms with Crippen molar-refractivity contribution in [3.63, 3.8) is 0 Å². The van der Waals surface area contributed by atoms with E-state index in [2.05, 4.69) is 0 Å². The minimum Gasteiger partial charge on any atom is -0.486 e. The highest BCUT2D eigenvalue weighted by atomic mass is 19.2. The summed E-state index contributed by atoms with van der Waals surface area (Å²) in [5.74, 6) is -0.724. The molecule has 1 aliphatic rings. The van der Waals surface area contributed by atoms with Gasteiger partial charge in [-0.05, 0) is 23.8 Å². The van der Waals surface area contributed by atoms with E-state index in [1.165, 1.54) is 6.07 Å². The van der Waals surface area contributed by atoms with Crippen molar-refractivity contribution in [2.45, 2.75) is 12.5 Å². The predicted molar refractivity (Wildman–Crippen MR) is 72.5 cm³/mol. The molecule has 3 rings (SSSR count). The number of halogens is 2. The van der Waals surface area contributed by atoms with Gasteiger partial charge in [0.05, 0.1) is 6.10 Å². The molecule has 0 aliphatic carbocycles. The molecule has 5 heteroatoms. The van der Waals surface area contributed by atoms with Crippen molar-refractivity contribution in [3.8, 4) is 11.5 Å². The van der Waals surface area contributed by atoms with Crippen molar-refractivity contribution in [3.05, 3.63) is 59.2 Å². The molecule has 2 aromatic rings. The van der Waals surface area contributed by atoms with Crippen molar-refractivity contribution in [1.29, 1.82) is 0 Å². The van der Waals surface area contributed by atoms with E-state index in [0.29, 0.717) is 35.8 Å². The zero-order chi connectivity index (χ0) is 14.8. The van der Waals surface area contributed by atoms with Crippen LogP contribution in [-0.4, -0.2) is 18.3 Å². The van der Waals surface area contributed by atoms with Crippen LogP contribution in [0.1, 0.15) is 17.2 Å². The lowest BCUT2D eigenvalue weighted by atomic mass is 10.00. The number of para-hydroxylation sites is 1. The second kappa shape index (κ2) is 5.69.